The van der Waals surface area contributed by atoms with Crippen LogP contribution in [0.5, 0.6) is 0 Å². The lowest BCUT2D eigenvalue weighted by Crippen LogP contribution is -2.43. The Hall–Kier alpha value is -0.130. The van der Waals surface area contributed by atoms with Crippen LogP contribution in [0.2, 0.25) is 0 Å². The molecule has 0 saturated heterocycles. The molecule has 4 nitrogen and oxygen atoms in total. The summed E-state index contributed by atoms with van der Waals surface area (Å²) in [5.74, 6) is 0.616. The van der Waals surface area contributed by atoms with Gasteiger partial charge >= 0.3 is 0 Å². The lowest BCUT2D eigenvalue weighted by Gasteiger charge is -2.25. The summed E-state index contributed by atoms with van der Waals surface area (Å²) in [7, 11) is -3.13. The molecule has 2 N–H and O–H groups in total. The van der Waals surface area contributed by atoms with Crippen LogP contribution in [0.3, 0.4) is 0 Å². The third kappa shape index (κ3) is 2.52. The van der Waals surface area contributed by atoms with Gasteiger partial charge in [0.15, 0.2) is 0 Å². The number of hydrogen-bond acceptors (Lipinski definition) is 3. The van der Waals surface area contributed by atoms with E-state index in [1.165, 1.54) is 12.8 Å². The molecule has 0 aromatic rings. The molecule has 15 heavy (non-hydrogen) atoms. The van der Waals surface area contributed by atoms with Gasteiger partial charge in [0.05, 0.1) is 5.25 Å². The fraction of sp³-hybridized carbons (Fsp3) is 1.00. The van der Waals surface area contributed by atoms with E-state index < -0.39 is 15.3 Å². The van der Waals surface area contributed by atoms with Crippen molar-refractivity contribution in [3.8, 4) is 0 Å². The van der Waals surface area contributed by atoms with Crippen LogP contribution in [-0.2, 0) is 10.0 Å². The van der Waals surface area contributed by atoms with Crippen LogP contribution in [0.4, 0.5) is 0 Å². The number of rotatable bonds is 6. The number of hydrogen-bond donors (Lipinski definition) is 1. The van der Waals surface area contributed by atoms with Crippen LogP contribution in [0, 0.1) is 5.92 Å². The summed E-state index contributed by atoms with van der Waals surface area (Å²) in [6.45, 7) is 2.66. The van der Waals surface area contributed by atoms with E-state index in [0.717, 1.165) is 19.4 Å². The minimum Gasteiger partial charge on any atom is -0.329 e. The lowest BCUT2D eigenvalue weighted by molar-refractivity contribution is 0.383. The van der Waals surface area contributed by atoms with Gasteiger partial charge in [-0.25, -0.2) is 8.42 Å². The summed E-state index contributed by atoms with van der Waals surface area (Å²) in [6, 6.07) is 0.282. The van der Waals surface area contributed by atoms with Gasteiger partial charge in [0.25, 0.3) is 0 Å². The summed E-state index contributed by atoms with van der Waals surface area (Å²) < 4.78 is 26.0. The summed E-state index contributed by atoms with van der Waals surface area (Å²) in [4.78, 5) is 0. The molecule has 0 heterocycles. The third-order valence-electron chi connectivity index (χ3n) is 3.26. The Morgan fingerprint density at radius 3 is 2.33 bits per heavy atom. The molecular weight excluding hydrogens is 212 g/mol. The van der Waals surface area contributed by atoms with Crippen LogP contribution in [0.1, 0.15) is 32.6 Å². The van der Waals surface area contributed by atoms with Gasteiger partial charge in [0.1, 0.15) is 0 Å². The quantitative estimate of drug-likeness (QED) is 0.727. The molecule has 0 aromatic heterocycles. The van der Waals surface area contributed by atoms with Gasteiger partial charge in [-0.05, 0) is 38.5 Å². The largest absolute Gasteiger partial charge is 0.329 e. The van der Waals surface area contributed by atoms with Crippen molar-refractivity contribution in [2.75, 3.05) is 13.1 Å². The van der Waals surface area contributed by atoms with Crippen LogP contribution in [0.15, 0.2) is 0 Å². The summed E-state index contributed by atoms with van der Waals surface area (Å²) in [5, 5.41) is -0.433. The SMILES string of the molecule is CC(CN)S(=O)(=O)N(CC1CC1)C1CC1. The normalized spacial score (nSPS) is 24.5. The van der Waals surface area contributed by atoms with Gasteiger partial charge in [-0.15, -0.1) is 0 Å². The van der Waals surface area contributed by atoms with Crippen molar-refractivity contribution in [3.05, 3.63) is 0 Å². The number of nitrogens with two attached hydrogens (primary N) is 1. The molecule has 2 fully saturated rings. The average Bonchev–Trinajstić information content (AvgIpc) is 3.01. The fourth-order valence-electron chi connectivity index (χ4n) is 1.73. The summed E-state index contributed by atoms with van der Waals surface area (Å²) >= 11 is 0. The Bertz CT molecular complexity index is 320. The van der Waals surface area contributed by atoms with Crippen LogP contribution in [-0.4, -0.2) is 37.1 Å². The highest BCUT2D eigenvalue weighted by molar-refractivity contribution is 7.89. The fourth-order valence-corrected chi connectivity index (χ4v) is 3.48. The van der Waals surface area contributed by atoms with Crippen molar-refractivity contribution in [1.82, 2.24) is 4.31 Å². The van der Waals surface area contributed by atoms with E-state index in [1.807, 2.05) is 0 Å². The molecule has 0 radical (unpaired) electrons. The second-order valence-electron chi connectivity index (χ2n) is 4.84. The molecule has 0 amide bonds. The molecule has 2 rings (SSSR count). The van der Waals surface area contributed by atoms with Crippen molar-refractivity contribution in [2.45, 2.75) is 43.9 Å². The van der Waals surface area contributed by atoms with Gasteiger partial charge in [-0.2, -0.15) is 4.31 Å². The smallest absolute Gasteiger partial charge is 0.218 e. The minimum absolute atomic E-state index is 0.218. The van der Waals surface area contributed by atoms with Gasteiger partial charge in [0.2, 0.25) is 10.0 Å². The molecule has 2 saturated carbocycles. The maximum absolute atomic E-state index is 12.2. The van der Waals surface area contributed by atoms with Gasteiger partial charge in [-0.1, -0.05) is 0 Å². The summed E-state index contributed by atoms with van der Waals surface area (Å²) in [5.41, 5.74) is 5.46. The van der Waals surface area contributed by atoms with Gasteiger partial charge < -0.3 is 5.73 Å². The second kappa shape index (κ2) is 4.03. The Kier molecular flexibility index (Phi) is 3.05. The van der Waals surface area contributed by atoms with E-state index in [4.69, 9.17) is 5.73 Å². The van der Waals surface area contributed by atoms with Crippen LogP contribution < -0.4 is 5.73 Å². The first-order valence-electron chi connectivity index (χ1n) is 5.76. The molecule has 1 atom stereocenters. The standard InChI is InChI=1S/C10H20N2O2S/c1-8(6-11)15(13,14)12(10-4-5-10)7-9-2-3-9/h8-10H,2-7,11H2,1H3. The maximum Gasteiger partial charge on any atom is 0.218 e. The third-order valence-corrected chi connectivity index (χ3v) is 5.57. The van der Waals surface area contributed by atoms with Crippen molar-refractivity contribution in [2.24, 2.45) is 11.7 Å². The highest BCUT2D eigenvalue weighted by atomic mass is 32.2. The molecule has 0 aromatic carbocycles. The van der Waals surface area contributed by atoms with E-state index in [-0.39, 0.29) is 12.6 Å². The maximum atomic E-state index is 12.2. The zero-order valence-electron chi connectivity index (χ0n) is 9.22. The Balaban J connectivity index is 2.07. The van der Waals surface area contributed by atoms with E-state index in [2.05, 4.69) is 0 Å². The van der Waals surface area contributed by atoms with E-state index in [0.29, 0.717) is 5.92 Å². The lowest BCUT2D eigenvalue weighted by atomic mass is 10.4. The van der Waals surface area contributed by atoms with Crippen molar-refractivity contribution >= 4 is 10.0 Å². The molecule has 5 heteroatoms. The Morgan fingerprint density at radius 1 is 1.33 bits per heavy atom. The average molecular weight is 232 g/mol. The number of nitrogens with zero attached hydrogens (tertiary/aromatic N) is 1. The number of sulfonamides is 1. The van der Waals surface area contributed by atoms with Crippen molar-refractivity contribution in [3.63, 3.8) is 0 Å². The summed E-state index contributed by atoms with van der Waals surface area (Å²) in [6.07, 6.45) is 4.44. The molecule has 0 spiro atoms. The Morgan fingerprint density at radius 2 is 1.93 bits per heavy atom. The highest BCUT2D eigenvalue weighted by Crippen LogP contribution is 2.37. The van der Waals surface area contributed by atoms with Gasteiger partial charge in [0, 0.05) is 19.1 Å². The molecule has 0 bridgehead atoms. The molecule has 2 aliphatic rings. The molecule has 0 aliphatic heterocycles. The second-order valence-corrected chi connectivity index (χ2v) is 7.14. The molecule has 88 valence electrons. The monoisotopic (exact) mass is 232 g/mol. The highest BCUT2D eigenvalue weighted by Gasteiger charge is 2.41. The van der Waals surface area contributed by atoms with Crippen LogP contribution >= 0.6 is 0 Å². The van der Waals surface area contributed by atoms with E-state index in [1.54, 1.807) is 11.2 Å². The van der Waals surface area contributed by atoms with Crippen molar-refractivity contribution in [1.29, 1.82) is 0 Å². The molecule has 2 aliphatic carbocycles. The van der Waals surface area contributed by atoms with Crippen molar-refractivity contribution < 1.29 is 8.42 Å². The first-order chi connectivity index (χ1) is 7.05. The van der Waals surface area contributed by atoms with E-state index in [9.17, 15) is 8.42 Å². The topological polar surface area (TPSA) is 63.4 Å². The predicted molar refractivity (Wildman–Crippen MR) is 59.9 cm³/mol. The molecular formula is C10H20N2O2S. The zero-order valence-corrected chi connectivity index (χ0v) is 10.0. The predicted octanol–water partition coefficient (Wildman–Crippen LogP) is 0.538. The van der Waals surface area contributed by atoms with Gasteiger partial charge in [-0.3, -0.25) is 0 Å². The Labute approximate surface area is 91.9 Å². The van der Waals surface area contributed by atoms with Crippen LogP contribution in [0.25, 0.3) is 0 Å². The van der Waals surface area contributed by atoms with E-state index >= 15 is 0 Å². The first kappa shape index (κ1) is 11.4. The zero-order chi connectivity index (χ0) is 11.1. The molecule has 1 unspecified atom stereocenters. The minimum atomic E-state index is -3.13. The first-order valence-corrected chi connectivity index (χ1v) is 7.26.